The maximum absolute atomic E-state index is 12.9. The Kier molecular flexibility index (Phi) is 64.4. The van der Waals surface area contributed by atoms with Gasteiger partial charge in [-0.25, -0.2) is 0 Å². The van der Waals surface area contributed by atoms with Crippen LogP contribution in [0.3, 0.4) is 0 Å². The van der Waals surface area contributed by atoms with E-state index in [-0.39, 0.29) is 32.2 Å². The van der Waals surface area contributed by atoms with Crippen molar-refractivity contribution in [2.45, 2.75) is 399 Å². The fraction of sp³-hybridized carbons (Fsp3) is 0.932. The number of allylic oxidation sites excluding steroid dienone is 2. The molecule has 0 heterocycles. The molecule has 492 valence electrons. The second-order valence-electron chi connectivity index (χ2n) is 26.6. The van der Waals surface area contributed by atoms with Crippen LogP contribution in [0.25, 0.3) is 0 Å². The molecule has 0 aliphatic rings. The number of esters is 2. The Morgan fingerprint density at radius 3 is 0.892 bits per heavy atom. The van der Waals surface area contributed by atoms with Gasteiger partial charge < -0.3 is 33.3 Å². The number of likely N-dealkylation sites (N-methyl/N-ethyl adjacent to an activating group) is 1. The van der Waals surface area contributed by atoms with Gasteiger partial charge in [0.15, 0.2) is 12.4 Å². The van der Waals surface area contributed by atoms with Gasteiger partial charge in [-0.2, -0.15) is 0 Å². The number of carboxylic acid groups (broad SMARTS) is 1. The van der Waals surface area contributed by atoms with Gasteiger partial charge in [-0.1, -0.05) is 347 Å². The molecule has 0 spiro atoms. The summed E-state index contributed by atoms with van der Waals surface area (Å²) in [5, 5.41) is 11.8. The SMILES string of the molecule is CCCCCCCCCC/C=C\CCCCCCCCCCCCCCCCCCCCCCCCCC(=O)OC(COC(=O)CCCCCCCCCCCCCCCCCCCCCCCCC)COC(OCC[N+](C)(C)C)C(=O)[O-]. The molecule has 0 N–H and O–H groups in total. The van der Waals surface area contributed by atoms with Crippen LogP contribution in [-0.4, -0.2) is 82.3 Å². The predicted octanol–water partition coefficient (Wildman–Crippen LogP) is 21.5. The lowest BCUT2D eigenvalue weighted by Crippen LogP contribution is -2.44. The highest BCUT2D eigenvalue weighted by atomic mass is 16.7. The number of quaternary nitrogens is 1. The predicted molar refractivity (Wildman–Crippen MR) is 353 cm³/mol. The lowest BCUT2D eigenvalue weighted by Gasteiger charge is -2.26. The van der Waals surface area contributed by atoms with E-state index in [0.717, 1.165) is 38.5 Å². The van der Waals surface area contributed by atoms with E-state index in [1.165, 1.54) is 321 Å². The van der Waals surface area contributed by atoms with Crippen molar-refractivity contribution < 1.29 is 42.9 Å². The number of ether oxygens (including phenoxy) is 4. The van der Waals surface area contributed by atoms with E-state index in [0.29, 0.717) is 17.4 Å². The number of aliphatic carboxylic acids is 1. The smallest absolute Gasteiger partial charge is 0.306 e. The summed E-state index contributed by atoms with van der Waals surface area (Å²) in [5.74, 6) is -2.25. The number of carboxylic acids is 1. The number of hydrogen-bond acceptors (Lipinski definition) is 8. The molecule has 0 aromatic carbocycles. The van der Waals surface area contributed by atoms with E-state index in [2.05, 4.69) is 26.0 Å². The highest BCUT2D eigenvalue weighted by molar-refractivity contribution is 5.70. The first kappa shape index (κ1) is 81.0. The van der Waals surface area contributed by atoms with Crippen molar-refractivity contribution >= 4 is 17.9 Å². The summed E-state index contributed by atoms with van der Waals surface area (Å²) in [6, 6.07) is 0. The second kappa shape index (κ2) is 66.0. The molecule has 0 amide bonds. The number of nitrogens with zero attached hydrogens (tertiary/aromatic N) is 1. The summed E-state index contributed by atoms with van der Waals surface area (Å²) < 4.78 is 22.8. The minimum absolute atomic E-state index is 0.153. The maximum Gasteiger partial charge on any atom is 0.306 e. The Morgan fingerprint density at radius 1 is 0.349 bits per heavy atom. The highest BCUT2D eigenvalue weighted by Gasteiger charge is 2.22. The minimum atomic E-state index is -1.62. The zero-order chi connectivity index (χ0) is 60.5. The number of hydrogen-bond donors (Lipinski definition) is 0. The van der Waals surface area contributed by atoms with Gasteiger partial charge >= 0.3 is 11.9 Å². The van der Waals surface area contributed by atoms with Crippen LogP contribution in [0.5, 0.6) is 0 Å². The van der Waals surface area contributed by atoms with Crippen LogP contribution >= 0.6 is 0 Å². The Bertz CT molecular complexity index is 1370. The molecule has 0 aromatic rings. The number of carbonyl (C=O) groups is 3. The molecule has 0 saturated heterocycles. The summed E-state index contributed by atoms with van der Waals surface area (Å²) in [4.78, 5) is 37.5. The van der Waals surface area contributed by atoms with Crippen molar-refractivity contribution in [1.82, 2.24) is 0 Å². The average molecular weight is 1170 g/mol. The molecule has 2 atom stereocenters. The zero-order valence-electron chi connectivity index (χ0n) is 56.4. The Labute approximate surface area is 516 Å². The van der Waals surface area contributed by atoms with Crippen molar-refractivity contribution in [3.05, 3.63) is 12.2 Å². The van der Waals surface area contributed by atoms with Gasteiger partial charge in [0.1, 0.15) is 13.2 Å². The zero-order valence-corrected chi connectivity index (χ0v) is 56.4. The van der Waals surface area contributed by atoms with Crippen LogP contribution in [0.4, 0.5) is 0 Å². The Hall–Kier alpha value is -1.97. The molecule has 0 aliphatic carbocycles. The molecule has 0 aliphatic heterocycles. The highest BCUT2D eigenvalue weighted by Crippen LogP contribution is 2.19. The van der Waals surface area contributed by atoms with Gasteiger partial charge in [0.2, 0.25) is 0 Å². The third-order valence-electron chi connectivity index (χ3n) is 17.0. The van der Waals surface area contributed by atoms with E-state index in [9.17, 15) is 19.5 Å². The molecule has 0 rings (SSSR count). The third-order valence-corrected chi connectivity index (χ3v) is 17.0. The van der Waals surface area contributed by atoms with Crippen molar-refractivity contribution in [3.8, 4) is 0 Å². The molecule has 0 saturated carbocycles. The van der Waals surface area contributed by atoms with Crippen LogP contribution in [0.1, 0.15) is 386 Å². The van der Waals surface area contributed by atoms with Crippen LogP contribution in [-0.2, 0) is 33.3 Å². The number of unbranched alkanes of at least 4 members (excludes halogenated alkanes) is 53. The fourth-order valence-corrected chi connectivity index (χ4v) is 11.4. The largest absolute Gasteiger partial charge is 0.545 e. The molecule has 2 unspecified atom stereocenters. The van der Waals surface area contributed by atoms with Gasteiger partial charge in [0, 0.05) is 12.8 Å². The third kappa shape index (κ3) is 67.4. The Morgan fingerprint density at radius 2 is 0.614 bits per heavy atom. The van der Waals surface area contributed by atoms with E-state index >= 15 is 0 Å². The van der Waals surface area contributed by atoms with E-state index in [4.69, 9.17) is 18.9 Å². The summed E-state index contributed by atoms with van der Waals surface area (Å²) in [5.41, 5.74) is 0. The molecule has 0 radical (unpaired) electrons. The lowest BCUT2D eigenvalue weighted by molar-refractivity contribution is -0.870. The first-order chi connectivity index (χ1) is 40.6. The van der Waals surface area contributed by atoms with Gasteiger partial charge in [0.05, 0.1) is 40.3 Å². The number of carbonyl (C=O) groups excluding carboxylic acids is 3. The monoisotopic (exact) mass is 1170 g/mol. The molecule has 0 bridgehead atoms. The first-order valence-corrected chi connectivity index (χ1v) is 36.8. The summed E-state index contributed by atoms with van der Waals surface area (Å²) in [7, 11) is 5.95. The number of rotatable bonds is 70. The van der Waals surface area contributed by atoms with E-state index in [1.807, 2.05) is 21.1 Å². The van der Waals surface area contributed by atoms with Crippen molar-refractivity contribution in [2.75, 3.05) is 47.5 Å². The normalized spacial score (nSPS) is 12.6. The molecule has 0 aromatic heterocycles. The quantitative estimate of drug-likeness (QED) is 0.0195. The fourth-order valence-electron chi connectivity index (χ4n) is 11.4. The molecule has 9 heteroatoms. The maximum atomic E-state index is 12.9. The molecule has 0 fully saturated rings. The van der Waals surface area contributed by atoms with Gasteiger partial charge in [0.25, 0.3) is 0 Å². The topological polar surface area (TPSA) is 111 Å². The van der Waals surface area contributed by atoms with Crippen LogP contribution < -0.4 is 5.11 Å². The molecule has 9 nitrogen and oxygen atoms in total. The average Bonchev–Trinajstić information content (AvgIpc) is 3.46. The standard InChI is InChI=1S/C74H143NO8/c1-6-8-10-12-14-16-18-20-22-24-26-28-30-31-32-33-34-35-36-37-38-39-40-41-43-45-47-49-51-53-55-57-59-61-63-65-72(77)83-70(69-82-74(73(78)79)80-67-66-75(3,4)5)68-81-71(76)64-62-60-58-56-54-52-50-48-46-44-42-29-27-25-23-21-19-17-15-13-11-9-7-2/h24,26,70,74H,6-23,25,27-69H2,1-5H3/b26-24-. The Balaban J connectivity index is 3.99. The van der Waals surface area contributed by atoms with Gasteiger partial charge in [-0.15, -0.1) is 0 Å². The van der Waals surface area contributed by atoms with E-state index in [1.54, 1.807) is 0 Å². The summed E-state index contributed by atoms with van der Waals surface area (Å²) in [6.07, 6.45) is 77.5. The van der Waals surface area contributed by atoms with Crippen molar-refractivity contribution in [2.24, 2.45) is 0 Å². The van der Waals surface area contributed by atoms with Crippen molar-refractivity contribution in [3.63, 3.8) is 0 Å². The van der Waals surface area contributed by atoms with E-state index < -0.39 is 24.3 Å². The van der Waals surface area contributed by atoms with Crippen LogP contribution in [0.15, 0.2) is 12.2 Å². The summed E-state index contributed by atoms with van der Waals surface area (Å²) >= 11 is 0. The van der Waals surface area contributed by atoms with Crippen molar-refractivity contribution in [1.29, 1.82) is 0 Å². The first-order valence-electron chi connectivity index (χ1n) is 36.8. The molecular formula is C74H143NO8. The summed E-state index contributed by atoms with van der Waals surface area (Å²) in [6.45, 7) is 4.84. The van der Waals surface area contributed by atoms with Gasteiger partial charge in [-0.3, -0.25) is 9.59 Å². The van der Waals surface area contributed by atoms with Gasteiger partial charge in [-0.05, 0) is 38.5 Å². The lowest BCUT2D eigenvalue weighted by atomic mass is 10.0. The second-order valence-corrected chi connectivity index (χ2v) is 26.6. The molecule has 83 heavy (non-hydrogen) atoms. The molecular weight excluding hydrogens is 1030 g/mol. The van der Waals surface area contributed by atoms with Crippen LogP contribution in [0, 0.1) is 0 Å². The minimum Gasteiger partial charge on any atom is -0.545 e. The van der Waals surface area contributed by atoms with Crippen LogP contribution in [0.2, 0.25) is 0 Å².